The molecule has 0 saturated carbocycles. The van der Waals surface area contributed by atoms with Crippen LogP contribution in [0.3, 0.4) is 0 Å². The van der Waals surface area contributed by atoms with E-state index in [9.17, 15) is 18.7 Å². The highest BCUT2D eigenvalue weighted by Crippen LogP contribution is 2.16. The summed E-state index contributed by atoms with van der Waals surface area (Å²) in [5.74, 6) is -2.19. The van der Waals surface area contributed by atoms with Gasteiger partial charge in [-0.05, 0) is 49.1 Å². The van der Waals surface area contributed by atoms with Gasteiger partial charge >= 0.3 is 0 Å². The fourth-order valence-electron chi connectivity index (χ4n) is 2.51. The Morgan fingerprint density at radius 1 is 1.12 bits per heavy atom. The van der Waals surface area contributed by atoms with Crippen LogP contribution in [-0.4, -0.2) is 17.6 Å². The second-order valence-corrected chi connectivity index (χ2v) is 5.92. The molecule has 0 aliphatic heterocycles. The van der Waals surface area contributed by atoms with E-state index in [1.807, 2.05) is 26.0 Å². The average Bonchev–Trinajstić information content (AvgIpc) is 2.54. The Labute approximate surface area is 140 Å². The van der Waals surface area contributed by atoms with Gasteiger partial charge in [0.05, 0.1) is 6.10 Å². The minimum atomic E-state index is -1.08. The van der Waals surface area contributed by atoms with Crippen molar-refractivity contribution in [2.75, 3.05) is 6.54 Å². The summed E-state index contributed by atoms with van der Waals surface area (Å²) in [4.78, 5) is 11.9. The van der Waals surface area contributed by atoms with E-state index < -0.39 is 17.7 Å². The number of hydrogen-bond acceptors (Lipinski definition) is 2. The number of amides is 1. The molecule has 0 saturated heterocycles. The van der Waals surface area contributed by atoms with Gasteiger partial charge in [0, 0.05) is 13.0 Å². The third-order valence-corrected chi connectivity index (χ3v) is 3.94. The van der Waals surface area contributed by atoms with Crippen LogP contribution in [0.25, 0.3) is 0 Å². The summed E-state index contributed by atoms with van der Waals surface area (Å²) in [5.41, 5.74) is 3.65. The molecule has 0 aromatic heterocycles. The average molecular weight is 333 g/mol. The maximum atomic E-state index is 13.1. The van der Waals surface area contributed by atoms with Gasteiger partial charge in [-0.3, -0.25) is 4.79 Å². The van der Waals surface area contributed by atoms with Crippen molar-refractivity contribution in [2.45, 2.75) is 32.8 Å². The number of benzene rings is 2. The number of rotatable bonds is 6. The summed E-state index contributed by atoms with van der Waals surface area (Å²) in [5, 5.41) is 12.6. The Morgan fingerprint density at radius 2 is 1.88 bits per heavy atom. The van der Waals surface area contributed by atoms with Crippen LogP contribution in [0.15, 0.2) is 36.4 Å². The predicted octanol–water partition coefficient (Wildman–Crippen LogP) is 3.36. The third kappa shape index (κ3) is 4.86. The Balaban J connectivity index is 1.83. The number of hydrogen-bond donors (Lipinski definition) is 2. The Kier molecular flexibility index (Phi) is 6.04. The van der Waals surface area contributed by atoms with Gasteiger partial charge in [-0.2, -0.15) is 0 Å². The molecule has 1 unspecified atom stereocenters. The lowest BCUT2D eigenvalue weighted by Crippen LogP contribution is -2.28. The zero-order valence-electron chi connectivity index (χ0n) is 13.8. The summed E-state index contributed by atoms with van der Waals surface area (Å²) in [7, 11) is 0. The SMILES string of the molecule is Cc1ccc(CCC(=O)NCC(O)c2ccc(F)c(F)c2)c(C)c1. The molecule has 2 N–H and O–H groups in total. The fraction of sp³-hybridized carbons (Fsp3) is 0.316. The van der Waals surface area contributed by atoms with Crippen LogP contribution in [-0.2, 0) is 11.2 Å². The van der Waals surface area contributed by atoms with E-state index >= 15 is 0 Å². The predicted molar refractivity (Wildman–Crippen MR) is 88.6 cm³/mol. The highest BCUT2D eigenvalue weighted by Gasteiger charge is 2.12. The summed E-state index contributed by atoms with van der Waals surface area (Å²) >= 11 is 0. The van der Waals surface area contributed by atoms with Crippen molar-refractivity contribution >= 4 is 5.91 Å². The summed E-state index contributed by atoms with van der Waals surface area (Å²) in [6.45, 7) is 3.98. The lowest BCUT2D eigenvalue weighted by Gasteiger charge is -2.13. The van der Waals surface area contributed by atoms with Gasteiger partial charge in [0.25, 0.3) is 0 Å². The van der Waals surface area contributed by atoms with Crippen LogP contribution in [0, 0.1) is 25.5 Å². The van der Waals surface area contributed by atoms with Crippen LogP contribution in [0.5, 0.6) is 0 Å². The number of aryl methyl sites for hydroxylation is 3. The van der Waals surface area contributed by atoms with Crippen molar-refractivity contribution in [1.82, 2.24) is 5.32 Å². The number of carbonyl (C=O) groups excluding carboxylic acids is 1. The largest absolute Gasteiger partial charge is 0.387 e. The molecule has 0 fully saturated rings. The van der Waals surface area contributed by atoms with Gasteiger partial charge in [0.15, 0.2) is 11.6 Å². The van der Waals surface area contributed by atoms with Crippen LogP contribution >= 0.6 is 0 Å². The van der Waals surface area contributed by atoms with E-state index in [2.05, 4.69) is 11.4 Å². The molecular formula is C19H21F2NO2. The lowest BCUT2D eigenvalue weighted by atomic mass is 10.0. The first-order valence-corrected chi connectivity index (χ1v) is 7.82. The molecule has 1 amide bonds. The van der Waals surface area contributed by atoms with E-state index in [-0.39, 0.29) is 18.0 Å². The van der Waals surface area contributed by atoms with Gasteiger partial charge in [-0.15, -0.1) is 0 Å². The minimum Gasteiger partial charge on any atom is -0.387 e. The van der Waals surface area contributed by atoms with Crippen molar-refractivity contribution < 1.29 is 18.7 Å². The van der Waals surface area contributed by atoms with E-state index in [4.69, 9.17) is 0 Å². The fourth-order valence-corrected chi connectivity index (χ4v) is 2.51. The second kappa shape index (κ2) is 8.02. The molecule has 2 aromatic carbocycles. The quantitative estimate of drug-likeness (QED) is 0.851. The monoisotopic (exact) mass is 333 g/mol. The molecule has 0 spiro atoms. The minimum absolute atomic E-state index is 0.0449. The summed E-state index contributed by atoms with van der Waals surface area (Å²) in [6.07, 6.45) is -0.168. The van der Waals surface area contributed by atoms with E-state index in [0.29, 0.717) is 12.8 Å². The molecule has 24 heavy (non-hydrogen) atoms. The normalized spacial score (nSPS) is 12.0. The number of aliphatic hydroxyl groups is 1. The molecule has 5 heteroatoms. The van der Waals surface area contributed by atoms with Crippen LogP contribution < -0.4 is 5.32 Å². The topological polar surface area (TPSA) is 49.3 Å². The third-order valence-electron chi connectivity index (χ3n) is 3.94. The smallest absolute Gasteiger partial charge is 0.220 e. The first kappa shape index (κ1) is 18.1. The van der Waals surface area contributed by atoms with Gasteiger partial charge < -0.3 is 10.4 Å². The maximum absolute atomic E-state index is 13.1. The Morgan fingerprint density at radius 3 is 2.54 bits per heavy atom. The standard InChI is InChI=1S/C19H21F2NO2/c1-12-3-4-14(13(2)9-12)6-8-19(24)22-11-18(23)15-5-7-16(20)17(21)10-15/h3-5,7,9-10,18,23H,6,8,11H2,1-2H3,(H,22,24). The molecule has 2 rings (SSSR count). The maximum Gasteiger partial charge on any atom is 0.220 e. The molecule has 0 heterocycles. The van der Waals surface area contributed by atoms with E-state index in [1.54, 1.807) is 0 Å². The summed E-state index contributed by atoms with van der Waals surface area (Å²) < 4.78 is 26.0. The highest BCUT2D eigenvalue weighted by molar-refractivity contribution is 5.76. The molecule has 3 nitrogen and oxygen atoms in total. The Bertz CT molecular complexity index is 731. The van der Waals surface area contributed by atoms with E-state index in [1.165, 1.54) is 11.6 Å². The van der Waals surface area contributed by atoms with Crippen molar-refractivity contribution in [1.29, 1.82) is 0 Å². The molecular weight excluding hydrogens is 312 g/mol. The van der Waals surface area contributed by atoms with Crippen molar-refractivity contribution in [2.24, 2.45) is 0 Å². The number of aliphatic hydroxyl groups excluding tert-OH is 1. The van der Waals surface area contributed by atoms with Gasteiger partial charge in [0.2, 0.25) is 5.91 Å². The first-order valence-electron chi connectivity index (χ1n) is 7.82. The molecule has 1 atom stereocenters. The van der Waals surface area contributed by atoms with Gasteiger partial charge in [-0.1, -0.05) is 29.8 Å². The molecule has 2 aromatic rings. The number of nitrogens with one attached hydrogen (secondary N) is 1. The molecule has 0 aliphatic rings. The number of halogens is 2. The van der Waals surface area contributed by atoms with E-state index in [0.717, 1.165) is 23.3 Å². The van der Waals surface area contributed by atoms with Crippen molar-refractivity contribution in [3.05, 3.63) is 70.3 Å². The molecule has 128 valence electrons. The van der Waals surface area contributed by atoms with Crippen LogP contribution in [0.1, 0.15) is 34.8 Å². The zero-order valence-corrected chi connectivity index (χ0v) is 13.8. The highest BCUT2D eigenvalue weighted by atomic mass is 19.2. The summed E-state index contributed by atoms with van der Waals surface area (Å²) in [6, 6.07) is 9.27. The van der Waals surface area contributed by atoms with Gasteiger partial charge in [0.1, 0.15) is 0 Å². The number of carbonyl (C=O) groups is 1. The second-order valence-electron chi connectivity index (χ2n) is 5.92. The molecule has 0 aliphatic carbocycles. The molecule has 0 radical (unpaired) electrons. The van der Waals surface area contributed by atoms with Crippen molar-refractivity contribution in [3.63, 3.8) is 0 Å². The first-order chi connectivity index (χ1) is 11.4. The lowest BCUT2D eigenvalue weighted by molar-refractivity contribution is -0.121. The van der Waals surface area contributed by atoms with Crippen molar-refractivity contribution in [3.8, 4) is 0 Å². The molecule has 0 bridgehead atoms. The zero-order chi connectivity index (χ0) is 17.7. The van der Waals surface area contributed by atoms with Gasteiger partial charge in [-0.25, -0.2) is 8.78 Å². The van der Waals surface area contributed by atoms with Crippen LogP contribution in [0.4, 0.5) is 8.78 Å². The Hall–Kier alpha value is -2.27. The van der Waals surface area contributed by atoms with Crippen LogP contribution in [0.2, 0.25) is 0 Å².